The molecule has 6 nitrogen and oxygen atoms in total. The Bertz CT molecular complexity index is 1640. The van der Waals surface area contributed by atoms with Crippen LogP contribution in [-0.4, -0.2) is 29.1 Å². The van der Waals surface area contributed by atoms with Crippen LogP contribution in [0.4, 0.5) is 0 Å². The molecule has 1 aromatic heterocycles. The molecule has 4 aromatic rings. The third-order valence-corrected chi connectivity index (χ3v) is 7.88. The van der Waals surface area contributed by atoms with Gasteiger partial charge >= 0.3 is 0 Å². The van der Waals surface area contributed by atoms with Gasteiger partial charge in [0.1, 0.15) is 24.0 Å². The van der Waals surface area contributed by atoms with Crippen molar-refractivity contribution in [1.82, 2.24) is 9.47 Å². The summed E-state index contributed by atoms with van der Waals surface area (Å²) in [7, 11) is 1.65. The second-order valence-corrected chi connectivity index (χ2v) is 10.4. The number of nitrogens with zero attached hydrogens (tertiary/aromatic N) is 2. The Labute approximate surface area is 230 Å². The lowest BCUT2D eigenvalue weighted by Crippen LogP contribution is -2.32. The van der Waals surface area contributed by atoms with E-state index in [4.69, 9.17) is 37.4 Å². The van der Waals surface area contributed by atoms with E-state index in [-0.39, 0.29) is 5.78 Å². The van der Waals surface area contributed by atoms with Crippen molar-refractivity contribution in [1.29, 1.82) is 0 Å². The SMILES string of the molecule is CCn1cc(/C=C2\Oc3c(cc4c(c3C)OCN(Cc3ccc(Cl)c(Cl)c3)C4)C2=O)c2cc(OC)ccc21. The number of ether oxygens (including phenoxy) is 3. The van der Waals surface area contributed by atoms with Crippen LogP contribution in [0, 0.1) is 6.92 Å². The maximum atomic E-state index is 13.5. The summed E-state index contributed by atoms with van der Waals surface area (Å²) in [4.78, 5) is 15.7. The fraction of sp³-hybridized carbons (Fsp3) is 0.233. The molecule has 38 heavy (non-hydrogen) atoms. The Morgan fingerprint density at radius 1 is 1.08 bits per heavy atom. The highest BCUT2D eigenvalue weighted by atomic mass is 35.5. The van der Waals surface area contributed by atoms with Crippen molar-refractivity contribution in [2.24, 2.45) is 0 Å². The Morgan fingerprint density at radius 2 is 1.92 bits per heavy atom. The molecule has 0 fully saturated rings. The topological polar surface area (TPSA) is 52.9 Å². The molecule has 0 saturated carbocycles. The number of hydrogen-bond acceptors (Lipinski definition) is 5. The van der Waals surface area contributed by atoms with Crippen LogP contribution in [0.1, 0.15) is 39.5 Å². The van der Waals surface area contributed by atoms with E-state index in [9.17, 15) is 4.79 Å². The van der Waals surface area contributed by atoms with Crippen molar-refractivity contribution in [3.05, 3.63) is 92.3 Å². The first-order valence-electron chi connectivity index (χ1n) is 12.4. The molecule has 3 aromatic carbocycles. The number of hydrogen-bond donors (Lipinski definition) is 0. The lowest BCUT2D eigenvalue weighted by molar-refractivity contribution is 0.0876. The summed E-state index contributed by atoms with van der Waals surface area (Å²) in [5.74, 6) is 2.27. The molecule has 2 aliphatic rings. The van der Waals surface area contributed by atoms with Crippen molar-refractivity contribution >= 4 is 46.0 Å². The van der Waals surface area contributed by atoms with Gasteiger partial charge in [-0.2, -0.15) is 0 Å². The molecular formula is C30H26Cl2N2O4. The highest BCUT2D eigenvalue weighted by Crippen LogP contribution is 2.43. The van der Waals surface area contributed by atoms with Crippen molar-refractivity contribution in [3.8, 4) is 17.2 Å². The number of halogens is 2. The van der Waals surface area contributed by atoms with Crippen LogP contribution in [0.15, 0.2) is 54.4 Å². The van der Waals surface area contributed by atoms with Gasteiger partial charge in [0, 0.05) is 53.4 Å². The van der Waals surface area contributed by atoms with Gasteiger partial charge in [0.25, 0.3) is 0 Å². The summed E-state index contributed by atoms with van der Waals surface area (Å²) in [6, 6.07) is 13.5. The van der Waals surface area contributed by atoms with E-state index >= 15 is 0 Å². The highest BCUT2D eigenvalue weighted by Gasteiger charge is 2.34. The van der Waals surface area contributed by atoms with Crippen LogP contribution >= 0.6 is 23.2 Å². The quantitative estimate of drug-likeness (QED) is 0.246. The van der Waals surface area contributed by atoms with E-state index in [1.165, 1.54) is 0 Å². The van der Waals surface area contributed by atoms with E-state index in [2.05, 4.69) is 16.4 Å². The molecule has 3 heterocycles. The molecule has 0 saturated heterocycles. The Hall–Kier alpha value is -3.45. The number of benzene rings is 3. The molecule has 0 bridgehead atoms. The zero-order valence-electron chi connectivity index (χ0n) is 21.3. The smallest absolute Gasteiger partial charge is 0.231 e. The Kier molecular flexibility index (Phi) is 6.34. The summed E-state index contributed by atoms with van der Waals surface area (Å²) in [6.45, 7) is 6.54. The van der Waals surface area contributed by atoms with E-state index in [0.717, 1.165) is 51.2 Å². The summed E-state index contributed by atoms with van der Waals surface area (Å²) in [5.41, 5.74) is 5.37. The molecule has 0 atom stereocenters. The summed E-state index contributed by atoms with van der Waals surface area (Å²) in [5, 5.41) is 2.06. The zero-order valence-corrected chi connectivity index (χ0v) is 22.8. The van der Waals surface area contributed by atoms with Crippen molar-refractivity contribution < 1.29 is 19.0 Å². The summed E-state index contributed by atoms with van der Waals surface area (Å²) in [6.07, 6.45) is 3.87. The average molecular weight is 549 g/mol. The zero-order chi connectivity index (χ0) is 26.6. The van der Waals surface area contributed by atoms with Gasteiger partial charge < -0.3 is 18.8 Å². The fourth-order valence-corrected chi connectivity index (χ4v) is 5.56. The third kappa shape index (κ3) is 4.23. The van der Waals surface area contributed by atoms with Crippen LogP contribution in [0.3, 0.4) is 0 Å². The first kappa shape index (κ1) is 24.9. The number of rotatable bonds is 5. The predicted octanol–water partition coefficient (Wildman–Crippen LogP) is 7.25. The largest absolute Gasteiger partial charge is 0.497 e. The molecule has 6 rings (SSSR count). The summed E-state index contributed by atoms with van der Waals surface area (Å²) >= 11 is 12.3. The van der Waals surface area contributed by atoms with Crippen LogP contribution in [0.25, 0.3) is 17.0 Å². The molecule has 194 valence electrons. The minimum Gasteiger partial charge on any atom is -0.497 e. The minimum absolute atomic E-state index is 0.132. The van der Waals surface area contributed by atoms with Gasteiger partial charge in [0.2, 0.25) is 5.78 Å². The van der Waals surface area contributed by atoms with Crippen molar-refractivity contribution in [2.75, 3.05) is 13.8 Å². The molecule has 0 aliphatic carbocycles. The van der Waals surface area contributed by atoms with Crippen LogP contribution < -0.4 is 14.2 Å². The van der Waals surface area contributed by atoms with Crippen LogP contribution in [0.5, 0.6) is 17.2 Å². The predicted molar refractivity (Wildman–Crippen MR) is 149 cm³/mol. The molecule has 0 N–H and O–H groups in total. The molecule has 0 spiro atoms. The average Bonchev–Trinajstić information content (AvgIpc) is 3.43. The van der Waals surface area contributed by atoms with E-state index < -0.39 is 0 Å². The van der Waals surface area contributed by atoms with Crippen molar-refractivity contribution in [2.45, 2.75) is 33.5 Å². The van der Waals surface area contributed by atoms with Gasteiger partial charge in [0.15, 0.2) is 5.76 Å². The Morgan fingerprint density at radius 3 is 2.68 bits per heavy atom. The Balaban J connectivity index is 1.31. The molecule has 0 amide bonds. The lowest BCUT2D eigenvalue weighted by atomic mass is 9.99. The fourth-order valence-electron chi connectivity index (χ4n) is 5.24. The normalized spacial score (nSPS) is 15.9. The van der Waals surface area contributed by atoms with Crippen LogP contribution in [-0.2, 0) is 19.6 Å². The van der Waals surface area contributed by atoms with Gasteiger partial charge in [-0.1, -0.05) is 29.3 Å². The summed E-state index contributed by atoms with van der Waals surface area (Å²) < 4.78 is 19.9. The second kappa shape index (κ2) is 9.70. The van der Waals surface area contributed by atoms with E-state index in [1.807, 2.05) is 55.6 Å². The number of fused-ring (bicyclic) bond motifs is 3. The number of ketones is 1. The van der Waals surface area contributed by atoms with Gasteiger partial charge in [0.05, 0.1) is 22.7 Å². The van der Waals surface area contributed by atoms with E-state index in [1.54, 1.807) is 13.2 Å². The number of aryl methyl sites for hydroxylation is 1. The second-order valence-electron chi connectivity index (χ2n) is 9.57. The van der Waals surface area contributed by atoms with Gasteiger partial charge in [-0.05, 0) is 61.9 Å². The maximum absolute atomic E-state index is 13.5. The number of carbonyl (C=O) groups excluding carboxylic acids is 1. The number of allylic oxidation sites excluding steroid dienone is 1. The van der Waals surface area contributed by atoms with Gasteiger partial charge in [-0.25, -0.2) is 0 Å². The number of Topliss-reactive ketones (excluding diaryl/α,β-unsaturated/α-hetero) is 1. The molecule has 0 unspecified atom stereocenters. The van der Waals surface area contributed by atoms with Crippen molar-refractivity contribution in [3.63, 3.8) is 0 Å². The highest BCUT2D eigenvalue weighted by molar-refractivity contribution is 6.42. The minimum atomic E-state index is -0.132. The van der Waals surface area contributed by atoms with Gasteiger partial charge in [-0.3, -0.25) is 9.69 Å². The number of aromatic nitrogens is 1. The molecule has 0 radical (unpaired) electrons. The van der Waals surface area contributed by atoms with Crippen LogP contribution in [0.2, 0.25) is 10.0 Å². The first-order valence-corrected chi connectivity index (χ1v) is 13.2. The first-order chi connectivity index (χ1) is 18.4. The molecule has 8 heteroatoms. The maximum Gasteiger partial charge on any atom is 0.231 e. The van der Waals surface area contributed by atoms with E-state index in [0.29, 0.717) is 46.9 Å². The standard InChI is InChI=1S/C30H26Cl2N2O4/c1-4-34-15-19(22-12-21(36-3)6-8-26(22)34)11-27-28(35)23-10-20-14-33(13-18-5-7-24(31)25(32)9-18)16-37-29(20)17(2)30(23)38-27/h5-12,15H,4,13-14,16H2,1-3H3/b27-11-. The molecule has 2 aliphatic heterocycles. The third-order valence-electron chi connectivity index (χ3n) is 7.14. The monoisotopic (exact) mass is 548 g/mol. The molecular weight excluding hydrogens is 523 g/mol. The van der Waals surface area contributed by atoms with Gasteiger partial charge in [-0.15, -0.1) is 0 Å². The number of carbonyl (C=O) groups is 1. The lowest BCUT2D eigenvalue weighted by Gasteiger charge is -2.30. The number of methoxy groups -OCH3 is 1.